The summed E-state index contributed by atoms with van der Waals surface area (Å²) in [6.45, 7) is 1.49. The second-order valence-electron chi connectivity index (χ2n) is 1.80. The molecule has 1 aliphatic rings. The number of hydrogen-bond donors (Lipinski definition) is 2. The molecular weight excluding hydrogens is 124 g/mol. The summed E-state index contributed by atoms with van der Waals surface area (Å²) in [6.07, 6.45) is 0. The topological polar surface area (TPSA) is 65.3 Å². The van der Waals surface area contributed by atoms with Crippen LogP contribution in [0, 0.1) is 0 Å². The number of hydrogen-bond acceptors (Lipinski definition) is 5. The molecule has 0 saturated carbocycles. The lowest BCUT2D eigenvalue weighted by molar-refractivity contribution is -0.336. The van der Waals surface area contributed by atoms with E-state index in [9.17, 15) is 0 Å². The van der Waals surface area contributed by atoms with Crippen molar-refractivity contribution in [2.24, 2.45) is 5.16 Å². The van der Waals surface area contributed by atoms with Gasteiger partial charge in [-0.3, -0.25) is 10.1 Å². The van der Waals surface area contributed by atoms with Crippen LogP contribution in [0.1, 0.15) is 6.92 Å². The molecule has 5 heteroatoms. The van der Waals surface area contributed by atoms with Crippen LogP contribution in [-0.2, 0) is 4.94 Å². The van der Waals surface area contributed by atoms with Crippen LogP contribution in [0.5, 0.6) is 0 Å². The predicted molar refractivity (Wildman–Crippen MR) is 28.7 cm³/mol. The van der Waals surface area contributed by atoms with Crippen LogP contribution in [0.3, 0.4) is 0 Å². The van der Waals surface area contributed by atoms with Crippen LogP contribution in [0.15, 0.2) is 5.16 Å². The fraction of sp³-hybridized carbons (Fsp3) is 0.750. The quantitative estimate of drug-likeness (QED) is 0.498. The standard InChI is InChI=1S/C4H8N2O3/c1-3-4(2-7)5-9-6(3)8/h3,7-8H,2H2,1H3. The summed E-state index contributed by atoms with van der Waals surface area (Å²) in [7, 11) is 0. The monoisotopic (exact) mass is 132 g/mol. The van der Waals surface area contributed by atoms with Gasteiger partial charge in [-0.15, -0.1) is 0 Å². The van der Waals surface area contributed by atoms with Gasteiger partial charge >= 0.3 is 0 Å². The van der Waals surface area contributed by atoms with Gasteiger partial charge in [0.25, 0.3) is 0 Å². The molecule has 1 unspecified atom stereocenters. The highest BCUT2D eigenvalue weighted by molar-refractivity contribution is 5.90. The Labute approximate surface area is 52.0 Å². The molecule has 0 fully saturated rings. The second-order valence-corrected chi connectivity index (χ2v) is 1.80. The lowest BCUT2D eigenvalue weighted by Gasteiger charge is -2.07. The van der Waals surface area contributed by atoms with Gasteiger partial charge in [0.05, 0.1) is 6.61 Å². The summed E-state index contributed by atoms with van der Waals surface area (Å²) in [5, 5.41) is 21.1. The summed E-state index contributed by atoms with van der Waals surface area (Å²) in [5.41, 5.74) is 0.428. The Morgan fingerprint density at radius 3 is 2.78 bits per heavy atom. The average molecular weight is 132 g/mol. The van der Waals surface area contributed by atoms with E-state index in [-0.39, 0.29) is 12.6 Å². The van der Waals surface area contributed by atoms with Crippen LogP contribution < -0.4 is 0 Å². The van der Waals surface area contributed by atoms with E-state index in [4.69, 9.17) is 10.3 Å². The highest BCUT2D eigenvalue weighted by Gasteiger charge is 2.25. The molecule has 1 atom stereocenters. The van der Waals surface area contributed by atoms with Crippen molar-refractivity contribution < 1.29 is 15.3 Å². The Morgan fingerprint density at radius 2 is 2.56 bits per heavy atom. The van der Waals surface area contributed by atoms with Crippen LogP contribution in [0.2, 0.25) is 0 Å². The van der Waals surface area contributed by atoms with Crippen LogP contribution >= 0.6 is 0 Å². The Hall–Kier alpha value is -0.650. The number of hydroxylamine groups is 2. The van der Waals surface area contributed by atoms with Crippen molar-refractivity contribution in [3.63, 3.8) is 0 Å². The molecule has 5 nitrogen and oxygen atoms in total. The molecule has 0 spiro atoms. The molecule has 0 aromatic carbocycles. The number of aliphatic hydroxyl groups excluding tert-OH is 1. The van der Waals surface area contributed by atoms with Gasteiger partial charge in [0.2, 0.25) is 0 Å². The maximum Gasteiger partial charge on any atom is 0.117 e. The predicted octanol–water partition coefficient (Wildman–Crippen LogP) is -0.640. The van der Waals surface area contributed by atoms with E-state index in [0.29, 0.717) is 10.9 Å². The van der Waals surface area contributed by atoms with Crippen molar-refractivity contribution in [1.29, 1.82) is 0 Å². The van der Waals surface area contributed by atoms with E-state index < -0.39 is 0 Å². The van der Waals surface area contributed by atoms with Crippen molar-refractivity contribution >= 4 is 5.71 Å². The van der Waals surface area contributed by atoms with E-state index in [1.54, 1.807) is 6.92 Å². The van der Waals surface area contributed by atoms with Crippen molar-refractivity contribution in [2.75, 3.05) is 6.61 Å². The first kappa shape index (κ1) is 6.47. The Kier molecular flexibility index (Phi) is 1.65. The summed E-state index contributed by atoms with van der Waals surface area (Å²) in [5.74, 6) is 0. The van der Waals surface area contributed by atoms with Gasteiger partial charge in [0.15, 0.2) is 0 Å². The molecule has 0 bridgehead atoms. The summed E-state index contributed by atoms with van der Waals surface area (Å²) in [6, 6.07) is -0.338. The third-order valence-electron chi connectivity index (χ3n) is 1.22. The summed E-state index contributed by atoms with van der Waals surface area (Å²) < 4.78 is 0. The molecule has 2 N–H and O–H groups in total. The average Bonchev–Trinajstić information content (AvgIpc) is 2.15. The zero-order valence-corrected chi connectivity index (χ0v) is 4.98. The first-order chi connectivity index (χ1) is 4.25. The fourth-order valence-corrected chi connectivity index (χ4v) is 0.530. The fourth-order valence-electron chi connectivity index (χ4n) is 0.530. The summed E-state index contributed by atoms with van der Waals surface area (Å²) in [4.78, 5) is 4.29. The SMILES string of the molecule is CC1C(CO)=NON1O. The highest BCUT2D eigenvalue weighted by atomic mass is 17.0. The Morgan fingerprint density at radius 1 is 1.89 bits per heavy atom. The Bertz CT molecular complexity index is 136. The molecule has 0 amide bonds. The van der Waals surface area contributed by atoms with Crippen LogP contribution in [-0.4, -0.2) is 33.9 Å². The molecular formula is C4H8N2O3. The van der Waals surface area contributed by atoms with E-state index >= 15 is 0 Å². The molecule has 0 aromatic heterocycles. The lowest BCUT2D eigenvalue weighted by atomic mass is 10.2. The number of oxime groups is 1. The van der Waals surface area contributed by atoms with Gasteiger partial charge in [0, 0.05) is 5.23 Å². The lowest BCUT2D eigenvalue weighted by Crippen LogP contribution is -2.30. The van der Waals surface area contributed by atoms with E-state index in [1.165, 1.54) is 0 Å². The zero-order valence-electron chi connectivity index (χ0n) is 4.98. The minimum atomic E-state index is -0.338. The van der Waals surface area contributed by atoms with Gasteiger partial charge in [0.1, 0.15) is 11.8 Å². The van der Waals surface area contributed by atoms with E-state index in [1.807, 2.05) is 0 Å². The highest BCUT2D eigenvalue weighted by Crippen LogP contribution is 2.07. The smallest absolute Gasteiger partial charge is 0.117 e. The van der Waals surface area contributed by atoms with Gasteiger partial charge in [-0.05, 0) is 6.92 Å². The van der Waals surface area contributed by atoms with Crippen LogP contribution in [0.4, 0.5) is 0 Å². The van der Waals surface area contributed by atoms with Crippen molar-refractivity contribution in [1.82, 2.24) is 5.23 Å². The molecule has 1 rings (SSSR count). The normalized spacial score (nSPS) is 27.9. The molecule has 1 aliphatic heterocycles. The van der Waals surface area contributed by atoms with Gasteiger partial charge in [-0.1, -0.05) is 5.16 Å². The van der Waals surface area contributed by atoms with Crippen molar-refractivity contribution in [3.8, 4) is 0 Å². The van der Waals surface area contributed by atoms with E-state index in [0.717, 1.165) is 0 Å². The van der Waals surface area contributed by atoms with Gasteiger partial charge < -0.3 is 5.11 Å². The largest absolute Gasteiger partial charge is 0.390 e. The van der Waals surface area contributed by atoms with E-state index in [2.05, 4.69) is 10.1 Å². The zero-order chi connectivity index (χ0) is 6.85. The molecule has 0 aliphatic carbocycles. The number of rotatable bonds is 1. The van der Waals surface area contributed by atoms with Crippen molar-refractivity contribution in [3.05, 3.63) is 0 Å². The first-order valence-electron chi connectivity index (χ1n) is 2.58. The molecule has 0 radical (unpaired) electrons. The summed E-state index contributed by atoms with van der Waals surface area (Å²) >= 11 is 0. The van der Waals surface area contributed by atoms with Crippen molar-refractivity contribution in [2.45, 2.75) is 13.0 Å². The molecule has 1 heterocycles. The maximum absolute atomic E-state index is 8.68. The molecule has 52 valence electrons. The number of nitrogens with zero attached hydrogens (tertiary/aromatic N) is 2. The third-order valence-corrected chi connectivity index (χ3v) is 1.22. The second kappa shape index (κ2) is 2.30. The first-order valence-corrected chi connectivity index (χ1v) is 2.58. The molecule has 0 saturated heterocycles. The molecule has 9 heavy (non-hydrogen) atoms. The minimum absolute atomic E-state index is 0.182. The Balaban J connectivity index is 2.55. The minimum Gasteiger partial charge on any atom is -0.390 e. The van der Waals surface area contributed by atoms with Crippen LogP contribution in [0.25, 0.3) is 0 Å². The van der Waals surface area contributed by atoms with Gasteiger partial charge in [-0.2, -0.15) is 0 Å². The third kappa shape index (κ3) is 1.02. The maximum atomic E-state index is 8.68. The number of aliphatic hydroxyl groups is 1. The molecule has 0 aromatic rings. The van der Waals surface area contributed by atoms with Gasteiger partial charge in [-0.25, -0.2) is 0 Å².